The number of nitrogens with zero attached hydrogens (tertiary/aromatic N) is 1. The highest BCUT2D eigenvalue weighted by Gasteiger charge is 2.10. The standard InChI is InChI=1S/C9H10ClN3/c10-9-6(4-11)2-1-3-7(9)8(13)5-12/h1-3,8H,5,12-13H2/t8-/m0/s1. The predicted molar refractivity (Wildman–Crippen MR) is 52.1 cm³/mol. The van der Waals surface area contributed by atoms with Gasteiger partial charge in [-0.05, 0) is 11.6 Å². The average molecular weight is 196 g/mol. The van der Waals surface area contributed by atoms with Gasteiger partial charge in [0.25, 0.3) is 0 Å². The SMILES string of the molecule is N#Cc1cccc([C@@H](N)CN)c1Cl. The van der Waals surface area contributed by atoms with Gasteiger partial charge in [-0.15, -0.1) is 0 Å². The van der Waals surface area contributed by atoms with E-state index in [2.05, 4.69) is 0 Å². The van der Waals surface area contributed by atoms with E-state index in [9.17, 15) is 0 Å². The highest BCUT2D eigenvalue weighted by atomic mass is 35.5. The monoisotopic (exact) mass is 195 g/mol. The number of nitriles is 1. The number of benzene rings is 1. The van der Waals surface area contributed by atoms with Gasteiger partial charge in [0.15, 0.2) is 0 Å². The zero-order chi connectivity index (χ0) is 9.84. The van der Waals surface area contributed by atoms with E-state index in [0.29, 0.717) is 17.1 Å². The molecule has 68 valence electrons. The molecule has 0 aliphatic rings. The summed E-state index contributed by atoms with van der Waals surface area (Å²) in [7, 11) is 0. The molecule has 4 N–H and O–H groups in total. The first-order valence-corrected chi connectivity index (χ1v) is 4.22. The molecule has 0 aliphatic carbocycles. The lowest BCUT2D eigenvalue weighted by Crippen LogP contribution is -2.21. The minimum Gasteiger partial charge on any atom is -0.329 e. The van der Waals surface area contributed by atoms with Gasteiger partial charge in [0.1, 0.15) is 6.07 Å². The van der Waals surface area contributed by atoms with Gasteiger partial charge in [0, 0.05) is 12.6 Å². The largest absolute Gasteiger partial charge is 0.329 e. The summed E-state index contributed by atoms with van der Waals surface area (Å²) in [5, 5.41) is 9.10. The molecule has 0 bridgehead atoms. The highest BCUT2D eigenvalue weighted by molar-refractivity contribution is 6.32. The Morgan fingerprint density at radius 1 is 1.54 bits per heavy atom. The van der Waals surface area contributed by atoms with E-state index in [1.807, 2.05) is 6.07 Å². The Labute approximate surface area is 81.9 Å². The van der Waals surface area contributed by atoms with Crippen LogP contribution in [0.5, 0.6) is 0 Å². The Morgan fingerprint density at radius 2 is 2.23 bits per heavy atom. The van der Waals surface area contributed by atoms with Crippen molar-refractivity contribution in [1.29, 1.82) is 5.26 Å². The minimum atomic E-state index is -0.305. The van der Waals surface area contributed by atoms with Crippen LogP contribution in [0, 0.1) is 11.3 Å². The van der Waals surface area contributed by atoms with Crippen molar-refractivity contribution < 1.29 is 0 Å². The number of hydrogen-bond acceptors (Lipinski definition) is 3. The third-order valence-electron chi connectivity index (χ3n) is 1.80. The summed E-state index contributed by atoms with van der Waals surface area (Å²) >= 11 is 5.92. The van der Waals surface area contributed by atoms with Crippen LogP contribution in [0.2, 0.25) is 5.02 Å². The second-order valence-corrected chi connectivity index (χ2v) is 3.04. The smallest absolute Gasteiger partial charge is 0.101 e. The van der Waals surface area contributed by atoms with Crippen molar-refractivity contribution in [2.45, 2.75) is 6.04 Å². The first kappa shape index (κ1) is 10.0. The van der Waals surface area contributed by atoms with Gasteiger partial charge in [-0.3, -0.25) is 0 Å². The van der Waals surface area contributed by atoms with Crippen LogP contribution >= 0.6 is 11.6 Å². The van der Waals surface area contributed by atoms with Gasteiger partial charge in [-0.1, -0.05) is 23.7 Å². The molecule has 0 unspecified atom stereocenters. The molecule has 0 amide bonds. The molecule has 3 nitrogen and oxygen atoms in total. The molecule has 0 fully saturated rings. The third-order valence-corrected chi connectivity index (χ3v) is 2.22. The first-order chi connectivity index (χ1) is 6.20. The van der Waals surface area contributed by atoms with Crippen molar-refractivity contribution >= 4 is 11.6 Å². The summed E-state index contributed by atoms with van der Waals surface area (Å²) < 4.78 is 0. The van der Waals surface area contributed by atoms with Crippen LogP contribution in [0.15, 0.2) is 18.2 Å². The Morgan fingerprint density at radius 3 is 2.77 bits per heavy atom. The van der Waals surface area contributed by atoms with E-state index < -0.39 is 0 Å². The Kier molecular flexibility index (Phi) is 3.26. The van der Waals surface area contributed by atoms with Gasteiger partial charge in [0.2, 0.25) is 0 Å². The van der Waals surface area contributed by atoms with Crippen LogP contribution in [0.25, 0.3) is 0 Å². The first-order valence-electron chi connectivity index (χ1n) is 3.85. The number of halogens is 1. The van der Waals surface area contributed by atoms with E-state index in [1.54, 1.807) is 18.2 Å². The Hall–Kier alpha value is -1.08. The molecule has 13 heavy (non-hydrogen) atoms. The molecule has 4 heteroatoms. The summed E-state index contributed by atoms with van der Waals surface area (Å²) in [6, 6.07) is 6.85. The molecular formula is C9H10ClN3. The summed E-state index contributed by atoms with van der Waals surface area (Å²) in [5.74, 6) is 0. The normalized spacial score (nSPS) is 12.2. The summed E-state index contributed by atoms with van der Waals surface area (Å²) in [5.41, 5.74) is 12.3. The van der Waals surface area contributed by atoms with Gasteiger partial charge in [0.05, 0.1) is 10.6 Å². The molecule has 1 aromatic rings. The molecule has 0 radical (unpaired) electrons. The fourth-order valence-corrected chi connectivity index (χ4v) is 1.36. The fraction of sp³-hybridized carbons (Fsp3) is 0.222. The molecule has 0 aliphatic heterocycles. The molecule has 0 aromatic heterocycles. The van der Waals surface area contributed by atoms with Crippen molar-refractivity contribution in [2.75, 3.05) is 6.54 Å². The van der Waals surface area contributed by atoms with E-state index in [-0.39, 0.29) is 6.04 Å². The molecule has 0 spiro atoms. The van der Waals surface area contributed by atoms with Crippen molar-refractivity contribution in [3.8, 4) is 6.07 Å². The Balaban J connectivity index is 3.17. The fourth-order valence-electron chi connectivity index (χ4n) is 1.05. The zero-order valence-electron chi connectivity index (χ0n) is 7.00. The van der Waals surface area contributed by atoms with Crippen molar-refractivity contribution in [2.24, 2.45) is 11.5 Å². The topological polar surface area (TPSA) is 75.8 Å². The number of nitrogens with two attached hydrogens (primary N) is 2. The lowest BCUT2D eigenvalue weighted by atomic mass is 10.1. The van der Waals surface area contributed by atoms with Crippen LogP contribution in [0.1, 0.15) is 17.2 Å². The molecule has 1 rings (SSSR count). The van der Waals surface area contributed by atoms with Gasteiger partial charge >= 0.3 is 0 Å². The van der Waals surface area contributed by atoms with Crippen molar-refractivity contribution in [3.05, 3.63) is 34.3 Å². The van der Waals surface area contributed by atoms with Gasteiger partial charge < -0.3 is 11.5 Å². The minimum absolute atomic E-state index is 0.305. The Bertz CT molecular complexity index is 343. The zero-order valence-corrected chi connectivity index (χ0v) is 7.75. The van der Waals surface area contributed by atoms with Crippen molar-refractivity contribution in [1.82, 2.24) is 0 Å². The maximum atomic E-state index is 8.69. The number of hydrogen-bond donors (Lipinski definition) is 2. The summed E-state index contributed by atoms with van der Waals surface area (Å²) in [6.07, 6.45) is 0. The van der Waals surface area contributed by atoms with E-state index in [4.69, 9.17) is 28.3 Å². The quantitative estimate of drug-likeness (QED) is 0.744. The summed E-state index contributed by atoms with van der Waals surface area (Å²) in [6.45, 7) is 0.314. The third kappa shape index (κ3) is 1.99. The van der Waals surface area contributed by atoms with Crippen LogP contribution in [0.4, 0.5) is 0 Å². The highest BCUT2D eigenvalue weighted by Crippen LogP contribution is 2.24. The maximum Gasteiger partial charge on any atom is 0.101 e. The predicted octanol–water partition coefficient (Wildman–Crippen LogP) is 1.17. The summed E-state index contributed by atoms with van der Waals surface area (Å²) in [4.78, 5) is 0. The maximum absolute atomic E-state index is 8.69. The van der Waals surface area contributed by atoms with E-state index in [1.165, 1.54) is 0 Å². The second-order valence-electron chi connectivity index (χ2n) is 2.66. The van der Waals surface area contributed by atoms with Crippen LogP contribution < -0.4 is 11.5 Å². The molecule has 1 atom stereocenters. The van der Waals surface area contributed by atoms with E-state index in [0.717, 1.165) is 5.56 Å². The molecule has 0 saturated carbocycles. The lowest BCUT2D eigenvalue weighted by Gasteiger charge is -2.11. The molecule has 0 heterocycles. The number of rotatable bonds is 2. The lowest BCUT2D eigenvalue weighted by molar-refractivity contribution is 0.737. The van der Waals surface area contributed by atoms with Crippen molar-refractivity contribution in [3.63, 3.8) is 0 Å². The molecular weight excluding hydrogens is 186 g/mol. The average Bonchev–Trinajstić information content (AvgIpc) is 2.17. The van der Waals surface area contributed by atoms with Crippen LogP contribution in [-0.4, -0.2) is 6.54 Å². The van der Waals surface area contributed by atoms with Crippen LogP contribution in [0.3, 0.4) is 0 Å². The van der Waals surface area contributed by atoms with Crippen LogP contribution in [-0.2, 0) is 0 Å². The molecule has 0 saturated heterocycles. The van der Waals surface area contributed by atoms with Gasteiger partial charge in [-0.2, -0.15) is 5.26 Å². The van der Waals surface area contributed by atoms with E-state index >= 15 is 0 Å². The second kappa shape index (κ2) is 4.24. The molecule has 1 aromatic carbocycles. The van der Waals surface area contributed by atoms with Gasteiger partial charge in [-0.25, -0.2) is 0 Å².